The van der Waals surface area contributed by atoms with Gasteiger partial charge in [-0.25, -0.2) is 10.2 Å². The Balaban J connectivity index is 1.55. The van der Waals surface area contributed by atoms with Crippen LogP contribution in [0.25, 0.3) is 0 Å². The Bertz CT molecular complexity index is 1080. The molecule has 3 rings (SSSR count). The molecule has 3 aromatic rings. The van der Waals surface area contributed by atoms with Gasteiger partial charge < -0.3 is 10.1 Å². The van der Waals surface area contributed by atoms with Gasteiger partial charge in [0.2, 0.25) is 0 Å². The monoisotopic (exact) mass is 421 g/mol. The number of anilines is 1. The number of halogens is 1. The Morgan fingerprint density at radius 3 is 2.33 bits per heavy atom. The zero-order chi connectivity index (χ0) is 21.3. The molecule has 0 spiro atoms. The van der Waals surface area contributed by atoms with Crippen LogP contribution in [0.5, 0.6) is 5.75 Å². The number of nitrogens with one attached hydrogen (secondary N) is 2. The first-order valence-corrected chi connectivity index (χ1v) is 9.16. The minimum atomic E-state index is -0.937. The van der Waals surface area contributed by atoms with Crippen molar-refractivity contribution in [3.8, 4) is 5.75 Å². The summed E-state index contributed by atoms with van der Waals surface area (Å²) in [5, 5.41) is 6.69. The minimum absolute atomic E-state index is 0.319. The summed E-state index contributed by atoms with van der Waals surface area (Å²) < 4.78 is 5.32. The summed E-state index contributed by atoms with van der Waals surface area (Å²) in [6.07, 6.45) is 1.33. The van der Waals surface area contributed by atoms with Gasteiger partial charge in [0, 0.05) is 10.7 Å². The number of hydrogen-bond donors (Lipinski definition) is 2. The molecule has 0 aliphatic heterocycles. The van der Waals surface area contributed by atoms with Crippen molar-refractivity contribution in [1.82, 2.24) is 5.43 Å². The summed E-state index contributed by atoms with van der Waals surface area (Å²) in [4.78, 5) is 35.8. The maximum absolute atomic E-state index is 12.1. The lowest BCUT2D eigenvalue weighted by Crippen LogP contribution is -2.32. The molecule has 0 saturated carbocycles. The predicted molar refractivity (Wildman–Crippen MR) is 114 cm³/mol. The van der Waals surface area contributed by atoms with E-state index in [0.29, 0.717) is 27.6 Å². The first-order chi connectivity index (χ1) is 14.5. The highest BCUT2D eigenvalue weighted by Gasteiger charge is 2.12. The fourth-order valence-electron chi connectivity index (χ4n) is 2.34. The van der Waals surface area contributed by atoms with Crippen LogP contribution in [0.4, 0.5) is 5.69 Å². The molecule has 7 nitrogen and oxygen atoms in total. The number of amides is 2. The molecule has 0 fully saturated rings. The van der Waals surface area contributed by atoms with Gasteiger partial charge in [-0.2, -0.15) is 5.10 Å². The van der Waals surface area contributed by atoms with Crippen molar-refractivity contribution in [2.75, 3.05) is 5.32 Å². The fraction of sp³-hybridized carbons (Fsp3) is 0. The average Bonchev–Trinajstić information content (AvgIpc) is 2.76. The van der Waals surface area contributed by atoms with Crippen molar-refractivity contribution in [2.45, 2.75) is 0 Å². The van der Waals surface area contributed by atoms with E-state index in [0.717, 1.165) is 0 Å². The second-order valence-corrected chi connectivity index (χ2v) is 6.42. The number of benzene rings is 3. The highest BCUT2D eigenvalue weighted by atomic mass is 35.5. The third kappa shape index (κ3) is 6.02. The smallest absolute Gasteiger partial charge is 0.343 e. The number of hydrogen-bond acceptors (Lipinski definition) is 5. The van der Waals surface area contributed by atoms with Gasteiger partial charge in [0.05, 0.1) is 11.8 Å². The Kier molecular flexibility index (Phi) is 6.91. The lowest BCUT2D eigenvalue weighted by Gasteiger charge is -2.05. The standard InChI is InChI=1S/C22H16ClN3O4/c23-17-9-11-18(12-10-17)25-20(27)21(28)26-24-14-15-5-4-8-19(13-15)30-22(29)16-6-2-1-3-7-16/h1-14H,(H,25,27)(H,26,28). The summed E-state index contributed by atoms with van der Waals surface area (Å²) >= 11 is 5.77. The molecule has 2 N–H and O–H groups in total. The third-order valence-corrected chi connectivity index (χ3v) is 4.02. The molecular weight excluding hydrogens is 406 g/mol. The largest absolute Gasteiger partial charge is 0.423 e. The van der Waals surface area contributed by atoms with Gasteiger partial charge in [-0.15, -0.1) is 0 Å². The Labute approximate surface area is 177 Å². The molecule has 150 valence electrons. The molecule has 0 aliphatic rings. The van der Waals surface area contributed by atoms with E-state index in [4.69, 9.17) is 16.3 Å². The van der Waals surface area contributed by atoms with E-state index in [1.165, 1.54) is 6.21 Å². The second kappa shape index (κ2) is 9.99. The summed E-state index contributed by atoms with van der Waals surface area (Å²) in [6.45, 7) is 0. The van der Waals surface area contributed by atoms with Gasteiger partial charge in [-0.1, -0.05) is 41.9 Å². The molecule has 30 heavy (non-hydrogen) atoms. The van der Waals surface area contributed by atoms with Crippen molar-refractivity contribution >= 4 is 41.3 Å². The molecular formula is C22H16ClN3O4. The van der Waals surface area contributed by atoms with Crippen LogP contribution in [-0.2, 0) is 9.59 Å². The van der Waals surface area contributed by atoms with Crippen molar-refractivity contribution in [3.05, 3.63) is 95.0 Å². The summed E-state index contributed by atoms with van der Waals surface area (Å²) in [6, 6.07) is 21.5. The number of esters is 1. The summed E-state index contributed by atoms with van der Waals surface area (Å²) in [5.41, 5.74) is 3.55. The average molecular weight is 422 g/mol. The Morgan fingerprint density at radius 1 is 0.867 bits per heavy atom. The molecule has 3 aromatic carbocycles. The second-order valence-electron chi connectivity index (χ2n) is 5.99. The number of rotatable bonds is 5. The Morgan fingerprint density at radius 2 is 1.60 bits per heavy atom. The Hall–Kier alpha value is -3.97. The molecule has 0 aromatic heterocycles. The van der Waals surface area contributed by atoms with Crippen LogP contribution in [0.1, 0.15) is 15.9 Å². The maximum Gasteiger partial charge on any atom is 0.343 e. The first-order valence-electron chi connectivity index (χ1n) is 8.78. The fourth-order valence-corrected chi connectivity index (χ4v) is 2.46. The van der Waals surface area contributed by atoms with Gasteiger partial charge in [-0.05, 0) is 54.1 Å². The van der Waals surface area contributed by atoms with Crippen LogP contribution in [0, 0.1) is 0 Å². The van der Waals surface area contributed by atoms with Gasteiger partial charge in [0.15, 0.2) is 0 Å². The van der Waals surface area contributed by atoms with Crippen LogP contribution in [0.3, 0.4) is 0 Å². The van der Waals surface area contributed by atoms with E-state index in [1.54, 1.807) is 78.9 Å². The molecule has 0 heterocycles. The molecule has 0 bridgehead atoms. The molecule has 8 heteroatoms. The molecule has 2 amide bonds. The molecule has 0 radical (unpaired) electrons. The quantitative estimate of drug-likeness (QED) is 0.216. The van der Waals surface area contributed by atoms with Gasteiger partial charge in [0.1, 0.15) is 5.75 Å². The topological polar surface area (TPSA) is 96.9 Å². The SMILES string of the molecule is O=C(NN=Cc1cccc(OC(=O)c2ccccc2)c1)C(=O)Nc1ccc(Cl)cc1. The number of carbonyl (C=O) groups excluding carboxylic acids is 3. The van der Waals surface area contributed by atoms with Crippen LogP contribution in [0.15, 0.2) is 84.0 Å². The van der Waals surface area contributed by atoms with Gasteiger partial charge in [0.25, 0.3) is 0 Å². The molecule has 0 atom stereocenters. The van der Waals surface area contributed by atoms with Crippen LogP contribution >= 0.6 is 11.6 Å². The summed E-state index contributed by atoms with van der Waals surface area (Å²) in [5.74, 6) is -1.98. The first kappa shape index (κ1) is 20.8. The molecule has 0 unspecified atom stereocenters. The zero-order valence-electron chi connectivity index (χ0n) is 15.5. The van der Waals surface area contributed by atoms with Gasteiger partial charge >= 0.3 is 17.8 Å². The van der Waals surface area contributed by atoms with E-state index < -0.39 is 17.8 Å². The highest BCUT2D eigenvalue weighted by Crippen LogP contribution is 2.15. The van der Waals surface area contributed by atoms with E-state index in [-0.39, 0.29) is 0 Å². The maximum atomic E-state index is 12.1. The van der Waals surface area contributed by atoms with E-state index >= 15 is 0 Å². The van der Waals surface area contributed by atoms with E-state index in [9.17, 15) is 14.4 Å². The number of hydrazone groups is 1. The predicted octanol–water partition coefficient (Wildman–Crippen LogP) is 3.65. The number of ether oxygens (including phenoxy) is 1. The summed E-state index contributed by atoms with van der Waals surface area (Å²) in [7, 11) is 0. The molecule has 0 saturated heterocycles. The lowest BCUT2D eigenvalue weighted by atomic mass is 10.2. The normalized spacial score (nSPS) is 10.4. The van der Waals surface area contributed by atoms with E-state index in [1.807, 2.05) is 0 Å². The van der Waals surface area contributed by atoms with E-state index in [2.05, 4.69) is 15.8 Å². The highest BCUT2D eigenvalue weighted by molar-refractivity contribution is 6.39. The van der Waals surface area contributed by atoms with Crippen molar-refractivity contribution < 1.29 is 19.1 Å². The third-order valence-electron chi connectivity index (χ3n) is 3.77. The number of carbonyl (C=O) groups is 3. The van der Waals surface area contributed by atoms with Crippen LogP contribution in [0.2, 0.25) is 5.02 Å². The lowest BCUT2D eigenvalue weighted by molar-refractivity contribution is -0.136. The molecule has 0 aliphatic carbocycles. The van der Waals surface area contributed by atoms with Crippen LogP contribution in [-0.4, -0.2) is 24.0 Å². The number of nitrogens with zero attached hydrogens (tertiary/aromatic N) is 1. The van der Waals surface area contributed by atoms with Crippen molar-refractivity contribution in [3.63, 3.8) is 0 Å². The van der Waals surface area contributed by atoms with Crippen molar-refractivity contribution in [2.24, 2.45) is 5.10 Å². The van der Waals surface area contributed by atoms with Crippen LogP contribution < -0.4 is 15.5 Å². The van der Waals surface area contributed by atoms with Crippen molar-refractivity contribution in [1.29, 1.82) is 0 Å². The minimum Gasteiger partial charge on any atom is -0.423 e. The van der Waals surface area contributed by atoms with Gasteiger partial charge in [-0.3, -0.25) is 9.59 Å². The zero-order valence-corrected chi connectivity index (χ0v) is 16.3.